The van der Waals surface area contributed by atoms with Crippen LogP contribution < -0.4 is 29.4 Å². The van der Waals surface area contributed by atoms with Crippen LogP contribution in [0.3, 0.4) is 0 Å². The van der Waals surface area contributed by atoms with E-state index in [2.05, 4.69) is 12.9 Å². The molecular weight excluding hydrogens is 581 g/mol. The van der Waals surface area contributed by atoms with E-state index in [4.69, 9.17) is 0 Å². The van der Waals surface area contributed by atoms with E-state index in [1.807, 2.05) is 0 Å². The molecule has 6 unspecified atom stereocenters. The summed E-state index contributed by atoms with van der Waals surface area (Å²) in [6.45, 7) is 0. The molecule has 0 heterocycles. The Morgan fingerprint density at radius 2 is 0.522 bits per heavy atom. The van der Waals surface area contributed by atoms with Crippen molar-refractivity contribution in [3.63, 3.8) is 0 Å². The first-order valence-corrected chi connectivity index (χ1v) is 9.86. The SMILES string of the molecule is O=[P+]([O-])O[P+](=O)[O-].O=[P+]([O-])O[P+](=O)[O-].O=[P+]([O-])O[P+](=O)[O-].[Cu+2].[Zr+4]. The van der Waals surface area contributed by atoms with E-state index < -0.39 is 49.5 Å². The monoisotopic (exact) mass is 579 g/mol. The van der Waals surface area contributed by atoms with Gasteiger partial charge in [-0.25, -0.2) is 0 Å². The zero-order valence-electron chi connectivity index (χ0n) is 9.61. The smallest absolute Gasteiger partial charge is 0.563 e. The topological polar surface area (TPSA) is 268 Å². The molecule has 0 bridgehead atoms. The molecule has 0 aromatic rings. The molecule has 0 spiro atoms. The summed E-state index contributed by atoms with van der Waals surface area (Å²) in [5.41, 5.74) is 0. The Balaban J connectivity index is -0.0000000675. The van der Waals surface area contributed by atoms with Crippen LogP contribution in [0, 0.1) is 0 Å². The molecule has 0 aliphatic carbocycles. The fraction of sp³-hybridized carbons (Fsp3) is 0. The van der Waals surface area contributed by atoms with Crippen LogP contribution in [-0.2, 0) is 83.6 Å². The maximum absolute atomic E-state index is 9.24. The third kappa shape index (κ3) is 59.5. The molecule has 0 aliphatic heterocycles. The van der Waals surface area contributed by atoms with Gasteiger partial charge in [0.2, 0.25) is 0 Å². The summed E-state index contributed by atoms with van der Waals surface area (Å²) < 4.78 is 64.9. The quantitative estimate of drug-likeness (QED) is 0.225. The van der Waals surface area contributed by atoms with Gasteiger partial charge >= 0.3 is 92.8 Å². The predicted molar refractivity (Wildman–Crippen MR) is 48.9 cm³/mol. The fourth-order valence-corrected chi connectivity index (χ4v) is 1.47. The van der Waals surface area contributed by atoms with Gasteiger partial charge in [0.05, 0.1) is 0 Å². The standard InChI is InChI=1S/Cu.3O5P2.Zr/c;3*1-6(2)5-7(3)4;/q+2;;;;+4. The molecule has 1 radical (unpaired) electrons. The van der Waals surface area contributed by atoms with Gasteiger partial charge in [0.25, 0.3) is 0 Å². The van der Waals surface area contributed by atoms with Gasteiger partial charge in [-0.1, -0.05) is 0 Å². The molecule has 0 aromatic carbocycles. The molecule has 129 valence electrons. The summed E-state index contributed by atoms with van der Waals surface area (Å²) >= 11 is 0. The third-order valence-corrected chi connectivity index (χ3v) is 3.60. The third-order valence-electron chi connectivity index (χ3n) is 0.400. The van der Waals surface area contributed by atoms with E-state index in [0.717, 1.165) is 0 Å². The van der Waals surface area contributed by atoms with Crippen LogP contribution in [0.4, 0.5) is 0 Å². The molecule has 23 heteroatoms. The van der Waals surface area contributed by atoms with Crippen LogP contribution >= 0.6 is 49.5 Å². The van der Waals surface area contributed by atoms with Crippen LogP contribution in [0.1, 0.15) is 0 Å². The minimum Gasteiger partial charge on any atom is -0.563 e. The van der Waals surface area contributed by atoms with Crippen molar-refractivity contribution >= 4 is 49.5 Å². The summed E-state index contributed by atoms with van der Waals surface area (Å²) in [5, 5.41) is 0. The molecule has 0 N–H and O–H groups in total. The van der Waals surface area contributed by atoms with Crippen molar-refractivity contribution < 1.29 is 113 Å². The average Bonchev–Trinajstić information content (AvgIpc) is 2.10. The van der Waals surface area contributed by atoms with Crippen LogP contribution in [0.15, 0.2) is 0 Å². The Hall–Kier alpha value is 1.64. The number of rotatable bonds is 6. The number of hydrogen-bond acceptors (Lipinski definition) is 15. The van der Waals surface area contributed by atoms with Crippen LogP contribution in [0.2, 0.25) is 0 Å². The maximum Gasteiger partial charge on any atom is 4.00 e. The average molecular weight is 581 g/mol. The minimum atomic E-state index is -3.24. The van der Waals surface area contributed by atoms with Gasteiger partial charge in [-0.3, -0.25) is 0 Å². The molecule has 0 fully saturated rings. The van der Waals surface area contributed by atoms with Crippen molar-refractivity contribution in [3.05, 3.63) is 0 Å². The normalized spacial score (nSPS) is 12.3. The van der Waals surface area contributed by atoms with Gasteiger partial charge in [0, 0.05) is 0 Å². The van der Waals surface area contributed by atoms with Gasteiger partial charge in [-0.15, -0.1) is 0 Å². The zero-order valence-corrected chi connectivity index (χ0v) is 18.4. The van der Waals surface area contributed by atoms with E-state index in [1.165, 1.54) is 0 Å². The Kier molecular flexibility index (Phi) is 36.7. The second-order valence-corrected chi connectivity index (χ2v) is 6.23. The molecule has 0 aliphatic rings. The van der Waals surface area contributed by atoms with E-state index >= 15 is 0 Å². The first-order chi connectivity index (χ1) is 9.38. The van der Waals surface area contributed by atoms with Gasteiger partial charge in [-0.05, 0) is 27.4 Å². The molecule has 0 rings (SSSR count). The van der Waals surface area contributed by atoms with Gasteiger partial charge in [-0.2, -0.15) is 0 Å². The summed E-state index contributed by atoms with van der Waals surface area (Å²) in [4.78, 5) is 55.4. The molecule has 23 heavy (non-hydrogen) atoms. The molecule has 6 atom stereocenters. The molecule has 0 amide bonds. The second kappa shape index (κ2) is 23.6. The fourth-order valence-electron chi connectivity index (χ4n) is 0.163. The Bertz CT molecular complexity index is 320. The van der Waals surface area contributed by atoms with Crippen molar-refractivity contribution in [1.29, 1.82) is 0 Å². The summed E-state index contributed by atoms with van der Waals surface area (Å²) in [5.74, 6) is 0. The van der Waals surface area contributed by atoms with Crippen molar-refractivity contribution in [1.82, 2.24) is 0 Å². The second-order valence-electron chi connectivity index (χ2n) is 1.59. The Labute approximate surface area is 162 Å². The zero-order chi connectivity index (χ0) is 17.6. The molecule has 0 aromatic heterocycles. The van der Waals surface area contributed by atoms with E-state index in [1.54, 1.807) is 0 Å². The van der Waals surface area contributed by atoms with Crippen LogP contribution in [-0.4, -0.2) is 0 Å². The van der Waals surface area contributed by atoms with Crippen LogP contribution in [0.25, 0.3) is 0 Å². The first-order valence-electron chi connectivity index (χ1n) is 3.29. The Morgan fingerprint density at radius 1 is 0.435 bits per heavy atom. The predicted octanol–water partition coefficient (Wildman–Crippen LogP) is -2.89. The van der Waals surface area contributed by atoms with Gasteiger partial charge < -0.3 is 29.4 Å². The van der Waals surface area contributed by atoms with Crippen molar-refractivity contribution in [3.8, 4) is 0 Å². The molecule has 0 saturated heterocycles. The van der Waals surface area contributed by atoms with Crippen molar-refractivity contribution in [2.24, 2.45) is 0 Å². The van der Waals surface area contributed by atoms with Crippen molar-refractivity contribution in [2.75, 3.05) is 0 Å². The van der Waals surface area contributed by atoms with E-state index in [-0.39, 0.29) is 43.3 Å². The summed E-state index contributed by atoms with van der Waals surface area (Å²) in [6.07, 6.45) is 0. The van der Waals surface area contributed by atoms with Gasteiger partial charge in [0.1, 0.15) is 12.9 Å². The minimum absolute atomic E-state index is 0. The van der Waals surface area contributed by atoms with E-state index in [9.17, 15) is 56.8 Å². The summed E-state index contributed by atoms with van der Waals surface area (Å²) in [6, 6.07) is 0. The molecule has 15 nitrogen and oxygen atoms in total. The number of hydrogen-bond donors (Lipinski definition) is 0. The maximum atomic E-state index is 9.24. The largest absolute Gasteiger partial charge is 4.00 e. The molecular formula is CuO15P6Zr+6. The van der Waals surface area contributed by atoms with Gasteiger partial charge in [0.15, 0.2) is 0 Å². The first kappa shape index (κ1) is 35.7. The van der Waals surface area contributed by atoms with Crippen LogP contribution in [0.5, 0.6) is 0 Å². The Morgan fingerprint density at radius 3 is 0.522 bits per heavy atom. The summed E-state index contributed by atoms with van der Waals surface area (Å²) in [7, 11) is -19.4. The molecule has 0 saturated carbocycles. The van der Waals surface area contributed by atoms with E-state index in [0.29, 0.717) is 0 Å². The van der Waals surface area contributed by atoms with Crippen molar-refractivity contribution in [2.45, 2.75) is 0 Å².